The fourth-order valence-corrected chi connectivity index (χ4v) is 4.85. The lowest BCUT2D eigenvalue weighted by Crippen LogP contribution is -1.98. The van der Waals surface area contributed by atoms with Gasteiger partial charge in [-0.3, -0.25) is 0 Å². The molecule has 2 N–H and O–H groups in total. The Labute approximate surface area is 148 Å². The molecule has 1 aromatic carbocycles. The van der Waals surface area contributed by atoms with Crippen LogP contribution in [0.25, 0.3) is 31.6 Å². The van der Waals surface area contributed by atoms with Gasteiger partial charge in [0.25, 0.3) is 0 Å². The van der Waals surface area contributed by atoms with E-state index in [1.54, 1.807) is 11.3 Å². The number of nitriles is 1. The first-order chi connectivity index (χ1) is 12.3. The molecule has 5 rings (SSSR count). The molecule has 4 aromatic rings. The zero-order valence-corrected chi connectivity index (χ0v) is 14.2. The van der Waals surface area contributed by atoms with Gasteiger partial charge in [-0.25, -0.2) is 9.97 Å². The molecule has 0 atom stereocenters. The lowest BCUT2D eigenvalue weighted by Gasteiger charge is -2.08. The predicted molar refractivity (Wildman–Crippen MR) is 102 cm³/mol. The lowest BCUT2D eigenvalue weighted by atomic mass is 10.00. The molecule has 1 aliphatic carbocycles. The molecule has 1 aliphatic rings. The van der Waals surface area contributed by atoms with Crippen molar-refractivity contribution in [2.75, 3.05) is 5.73 Å². The third kappa shape index (κ3) is 2.04. The maximum absolute atomic E-state index is 9.65. The molecule has 0 fully saturated rings. The van der Waals surface area contributed by atoms with Crippen molar-refractivity contribution >= 4 is 37.6 Å². The largest absolute Gasteiger partial charge is 0.383 e. The van der Waals surface area contributed by atoms with E-state index >= 15 is 0 Å². The highest BCUT2D eigenvalue weighted by Gasteiger charge is 2.21. The van der Waals surface area contributed by atoms with Crippen molar-refractivity contribution in [2.45, 2.75) is 19.3 Å². The van der Waals surface area contributed by atoms with Crippen LogP contribution in [-0.2, 0) is 12.8 Å². The van der Waals surface area contributed by atoms with Gasteiger partial charge in [-0.1, -0.05) is 30.3 Å². The van der Waals surface area contributed by atoms with Crippen molar-refractivity contribution in [1.29, 1.82) is 5.26 Å². The zero-order chi connectivity index (χ0) is 17.0. The summed E-state index contributed by atoms with van der Waals surface area (Å²) in [7, 11) is 0. The Bertz CT molecular complexity index is 1190. The van der Waals surface area contributed by atoms with Crippen molar-refractivity contribution in [3.63, 3.8) is 0 Å². The van der Waals surface area contributed by atoms with Gasteiger partial charge in [0.2, 0.25) is 0 Å². The number of aromatic nitrogens is 2. The Hall–Kier alpha value is -2.97. The van der Waals surface area contributed by atoms with Crippen LogP contribution in [0, 0.1) is 11.3 Å². The summed E-state index contributed by atoms with van der Waals surface area (Å²) in [5.41, 5.74) is 11.8. The van der Waals surface area contributed by atoms with E-state index in [9.17, 15) is 5.26 Å². The van der Waals surface area contributed by atoms with Gasteiger partial charge < -0.3 is 5.73 Å². The number of aryl methyl sites for hydroxylation is 2. The number of nitrogens with two attached hydrogens (primary N) is 1. The van der Waals surface area contributed by atoms with E-state index in [-0.39, 0.29) is 5.82 Å². The second-order valence-electron chi connectivity index (χ2n) is 6.31. The van der Waals surface area contributed by atoms with Gasteiger partial charge in [0.1, 0.15) is 22.3 Å². The molecule has 0 aliphatic heterocycles. The summed E-state index contributed by atoms with van der Waals surface area (Å²) < 4.78 is 0.989. The van der Waals surface area contributed by atoms with Crippen molar-refractivity contribution in [1.82, 2.24) is 9.97 Å². The third-order valence-corrected chi connectivity index (χ3v) is 5.93. The molecule has 25 heavy (non-hydrogen) atoms. The van der Waals surface area contributed by atoms with Gasteiger partial charge >= 0.3 is 0 Å². The highest BCUT2D eigenvalue weighted by Crippen LogP contribution is 2.42. The first kappa shape index (κ1) is 14.4. The van der Waals surface area contributed by atoms with E-state index in [0.29, 0.717) is 5.56 Å². The Balaban J connectivity index is 1.94. The fraction of sp³-hybridized carbons (Fsp3) is 0.150. The summed E-state index contributed by atoms with van der Waals surface area (Å²) >= 11 is 1.61. The second-order valence-corrected chi connectivity index (χ2v) is 7.30. The number of thiophene rings is 1. The zero-order valence-electron chi connectivity index (χ0n) is 13.4. The molecule has 120 valence electrons. The van der Waals surface area contributed by atoms with Crippen molar-refractivity contribution in [3.8, 4) is 17.2 Å². The molecule has 0 amide bonds. The molecule has 0 bridgehead atoms. The highest BCUT2D eigenvalue weighted by molar-refractivity contribution is 7.26. The lowest BCUT2D eigenvalue weighted by molar-refractivity contribution is 0.901. The number of benzene rings is 1. The molecule has 0 saturated carbocycles. The summed E-state index contributed by atoms with van der Waals surface area (Å²) in [6.07, 6.45) is 3.29. The molecule has 0 unspecified atom stereocenters. The minimum atomic E-state index is 0.286. The Morgan fingerprint density at radius 1 is 1.12 bits per heavy atom. The molecule has 0 radical (unpaired) electrons. The van der Waals surface area contributed by atoms with Gasteiger partial charge in [-0.15, -0.1) is 11.3 Å². The summed E-state index contributed by atoms with van der Waals surface area (Å²) in [6, 6.07) is 14.4. The smallest absolute Gasteiger partial charge is 0.142 e. The number of hydrogen-bond donors (Lipinski definition) is 1. The minimum absolute atomic E-state index is 0.286. The van der Waals surface area contributed by atoms with E-state index in [2.05, 4.69) is 17.1 Å². The molecule has 0 saturated heterocycles. The van der Waals surface area contributed by atoms with Crippen molar-refractivity contribution in [3.05, 3.63) is 53.2 Å². The van der Waals surface area contributed by atoms with E-state index in [0.717, 1.165) is 44.4 Å². The Morgan fingerprint density at radius 3 is 2.76 bits per heavy atom. The number of nitrogen functional groups attached to an aromatic ring is 1. The van der Waals surface area contributed by atoms with E-state index in [1.807, 2.05) is 30.3 Å². The molecule has 3 aromatic heterocycles. The number of pyridine rings is 2. The van der Waals surface area contributed by atoms with Gasteiger partial charge in [0.05, 0.1) is 10.2 Å². The van der Waals surface area contributed by atoms with E-state index in [1.165, 1.54) is 17.7 Å². The molecule has 5 heteroatoms. The minimum Gasteiger partial charge on any atom is -0.383 e. The average Bonchev–Trinajstić information content (AvgIpc) is 3.23. The van der Waals surface area contributed by atoms with E-state index in [4.69, 9.17) is 10.7 Å². The monoisotopic (exact) mass is 342 g/mol. The van der Waals surface area contributed by atoms with Gasteiger partial charge in [0, 0.05) is 16.6 Å². The SMILES string of the molecule is N#Cc1c(N)nc2c(sc3nc4c(cc32)CCC4)c1-c1ccccc1. The maximum Gasteiger partial charge on any atom is 0.142 e. The van der Waals surface area contributed by atoms with Crippen LogP contribution >= 0.6 is 11.3 Å². The molecule has 0 spiro atoms. The Kier molecular flexibility index (Phi) is 3.03. The standard InChI is InChI=1S/C20H14N4S/c21-10-14-16(11-5-2-1-3-6-11)18-17(24-19(14)22)13-9-12-7-4-8-15(12)23-20(13)25-18/h1-3,5-6,9H,4,7-8H2,(H2,22,24). The Morgan fingerprint density at radius 2 is 1.96 bits per heavy atom. The normalized spacial score (nSPS) is 13.2. The van der Waals surface area contributed by atoms with Gasteiger partial charge in [-0.2, -0.15) is 5.26 Å². The fourth-order valence-electron chi connectivity index (χ4n) is 3.66. The average molecular weight is 342 g/mol. The molecular formula is C20H14N4S. The molecule has 3 heterocycles. The van der Waals surface area contributed by atoms with Crippen molar-refractivity contribution in [2.24, 2.45) is 0 Å². The number of anilines is 1. The number of nitrogens with zero attached hydrogens (tertiary/aromatic N) is 3. The summed E-state index contributed by atoms with van der Waals surface area (Å²) in [6.45, 7) is 0. The van der Waals surface area contributed by atoms with Crippen LogP contribution in [0.2, 0.25) is 0 Å². The van der Waals surface area contributed by atoms with Gasteiger partial charge in [0.15, 0.2) is 0 Å². The molecular weight excluding hydrogens is 328 g/mol. The van der Waals surface area contributed by atoms with Crippen molar-refractivity contribution < 1.29 is 0 Å². The maximum atomic E-state index is 9.65. The van der Waals surface area contributed by atoms with Crippen LogP contribution in [0.5, 0.6) is 0 Å². The summed E-state index contributed by atoms with van der Waals surface area (Å²) in [5, 5.41) is 10.7. The molecule has 4 nitrogen and oxygen atoms in total. The quantitative estimate of drug-likeness (QED) is 0.554. The van der Waals surface area contributed by atoms with Crippen LogP contribution in [0.3, 0.4) is 0 Å². The van der Waals surface area contributed by atoms with Crippen LogP contribution in [0.4, 0.5) is 5.82 Å². The number of fused-ring (bicyclic) bond motifs is 4. The number of hydrogen-bond acceptors (Lipinski definition) is 5. The van der Waals surface area contributed by atoms with Crippen LogP contribution < -0.4 is 5.73 Å². The first-order valence-corrected chi connectivity index (χ1v) is 9.08. The van der Waals surface area contributed by atoms with E-state index < -0.39 is 0 Å². The van der Waals surface area contributed by atoms with Gasteiger partial charge in [-0.05, 0) is 36.5 Å². The summed E-state index contributed by atoms with van der Waals surface area (Å²) in [5.74, 6) is 0.286. The summed E-state index contributed by atoms with van der Waals surface area (Å²) in [4.78, 5) is 10.4. The van der Waals surface area contributed by atoms with Crippen LogP contribution in [0.15, 0.2) is 36.4 Å². The number of rotatable bonds is 1. The predicted octanol–water partition coefficient (Wildman–Crippen LogP) is 4.45. The topological polar surface area (TPSA) is 75.6 Å². The first-order valence-electron chi connectivity index (χ1n) is 8.26. The second kappa shape index (κ2) is 5.27. The third-order valence-electron chi connectivity index (χ3n) is 4.82. The van der Waals surface area contributed by atoms with Crippen LogP contribution in [0.1, 0.15) is 23.2 Å². The highest BCUT2D eigenvalue weighted by atomic mass is 32.1. The van der Waals surface area contributed by atoms with Crippen LogP contribution in [-0.4, -0.2) is 9.97 Å².